The molecule has 2 aliphatic carbocycles. The van der Waals surface area contributed by atoms with Crippen molar-refractivity contribution >= 4 is 15.9 Å². The molecule has 7 heavy (non-hydrogen) atoms. The van der Waals surface area contributed by atoms with E-state index in [2.05, 4.69) is 15.9 Å². The van der Waals surface area contributed by atoms with Crippen LogP contribution in [0.3, 0.4) is 0 Å². The van der Waals surface area contributed by atoms with Gasteiger partial charge in [-0.2, -0.15) is 0 Å². The van der Waals surface area contributed by atoms with E-state index in [1.54, 1.807) is 0 Å². The number of hydrogen-bond donors (Lipinski definition) is 0. The van der Waals surface area contributed by atoms with Crippen molar-refractivity contribution in [3.8, 4) is 0 Å². The highest BCUT2D eigenvalue weighted by Crippen LogP contribution is 2.70. The first kappa shape index (κ1) is 2.86. The molecule has 0 N–H and O–H groups in total. The predicted octanol–water partition coefficient (Wildman–Crippen LogP) is 2.18. The largest absolute Gasteiger partial charge is 0.0925 e. The molecule has 2 fully saturated rings. The van der Waals surface area contributed by atoms with Crippen LogP contribution in [0.25, 0.3) is 0 Å². The van der Waals surface area contributed by atoms with Gasteiger partial charge in [0.05, 0.1) is 0 Å². The Morgan fingerprint density at radius 3 is 2.71 bits per heavy atom. The molecule has 2 rings (SSSR count). The first-order valence-electron chi connectivity index (χ1n) is 3.71. The number of rotatable bonds is 1. The molecule has 1 heteroatoms. The summed E-state index contributed by atoms with van der Waals surface area (Å²) in [5.41, 5.74) is 0.149. The van der Waals surface area contributed by atoms with Crippen LogP contribution in [0.5, 0.6) is 0 Å². The number of halogens is 1. The first-order valence-corrected chi connectivity index (χ1v) is 3.83. The van der Waals surface area contributed by atoms with Crippen LogP contribution in [0.1, 0.15) is 22.0 Å². The topological polar surface area (TPSA) is 0 Å². The van der Waals surface area contributed by atoms with Crippen LogP contribution in [0.15, 0.2) is 0 Å². The summed E-state index contributed by atoms with van der Waals surface area (Å²) in [6.45, 7) is 0. The van der Waals surface area contributed by atoms with Gasteiger partial charge in [0, 0.05) is 8.07 Å². The van der Waals surface area contributed by atoms with Gasteiger partial charge in [-0.3, -0.25) is 0 Å². The summed E-state index contributed by atoms with van der Waals surface area (Å²) in [5, 5.41) is 0.847. The van der Waals surface area contributed by atoms with Crippen molar-refractivity contribution in [1.82, 2.24) is 0 Å². The molecule has 0 aromatic rings. The fourth-order valence-corrected chi connectivity index (χ4v) is 1.90. The summed E-state index contributed by atoms with van der Waals surface area (Å²) in [6.07, 6.45) is 1.42. The second-order valence-electron chi connectivity index (χ2n) is 2.51. The maximum atomic E-state index is 7.51. The highest BCUT2D eigenvalue weighted by molar-refractivity contribution is 9.09. The Morgan fingerprint density at radius 1 is 1.86 bits per heavy atom. The zero-order valence-corrected chi connectivity index (χ0v) is 5.66. The van der Waals surface area contributed by atoms with Crippen molar-refractivity contribution in [3.05, 3.63) is 0 Å². The minimum absolute atomic E-state index is 0.149. The lowest BCUT2D eigenvalue weighted by atomic mass is 10.3. The fraction of sp³-hybridized carbons (Fsp3) is 1.00. The van der Waals surface area contributed by atoms with Crippen molar-refractivity contribution in [3.63, 3.8) is 0 Å². The summed E-state index contributed by atoms with van der Waals surface area (Å²) in [7, 11) is 0. The van der Waals surface area contributed by atoms with E-state index in [9.17, 15) is 0 Å². The van der Waals surface area contributed by atoms with Crippen LogP contribution in [-0.2, 0) is 0 Å². The second-order valence-corrected chi connectivity index (χ2v) is 3.15. The molecule has 0 aliphatic heterocycles. The highest BCUT2D eigenvalue weighted by Gasteiger charge is 2.61. The predicted molar refractivity (Wildman–Crippen MR) is 33.6 cm³/mol. The van der Waals surface area contributed by atoms with E-state index in [1.807, 2.05) is 0 Å². The molecule has 0 aromatic carbocycles. The average molecular weight is 163 g/mol. The third kappa shape index (κ3) is 0.479. The third-order valence-corrected chi connectivity index (χ3v) is 2.64. The van der Waals surface area contributed by atoms with Crippen LogP contribution in [0.4, 0.5) is 0 Å². The molecule has 1 unspecified atom stereocenters. The van der Waals surface area contributed by atoms with Crippen molar-refractivity contribution in [2.24, 2.45) is 11.3 Å². The molecule has 2 aliphatic rings. The average Bonchev–Trinajstić information content (AvgIpc) is 2.54. The number of alkyl halides is 1. The van der Waals surface area contributed by atoms with Gasteiger partial charge in [0.1, 0.15) is 0 Å². The number of hydrogen-bond acceptors (Lipinski definition) is 0. The standard InChI is InChI=1S/C6H9Br/c7-4-5-3-6(5)1-2-6/h5H,1-4H2/i3D2. The van der Waals surface area contributed by atoms with Gasteiger partial charge in [0.2, 0.25) is 0 Å². The van der Waals surface area contributed by atoms with Crippen LogP contribution in [0, 0.1) is 11.3 Å². The van der Waals surface area contributed by atoms with E-state index >= 15 is 0 Å². The molecule has 1 spiro atoms. The minimum Gasteiger partial charge on any atom is -0.0925 e. The lowest BCUT2D eigenvalue weighted by molar-refractivity contribution is 0.784. The van der Waals surface area contributed by atoms with E-state index in [0.29, 0.717) is 5.92 Å². The Labute approximate surface area is 55.2 Å². The van der Waals surface area contributed by atoms with E-state index in [-0.39, 0.29) is 5.41 Å². The summed E-state index contributed by atoms with van der Waals surface area (Å²) in [5.74, 6) is 0.324. The SMILES string of the molecule is [2H]C1([2H])C(CBr)C12CC2. The molecule has 0 aromatic heterocycles. The quantitative estimate of drug-likeness (QED) is 0.519. The van der Waals surface area contributed by atoms with Gasteiger partial charge < -0.3 is 0 Å². The summed E-state index contributed by atoms with van der Waals surface area (Å²) in [6, 6.07) is 0. The molecule has 1 atom stereocenters. The van der Waals surface area contributed by atoms with Gasteiger partial charge >= 0.3 is 0 Å². The molecule has 0 saturated heterocycles. The summed E-state index contributed by atoms with van der Waals surface area (Å²) < 4.78 is 15.0. The van der Waals surface area contributed by atoms with E-state index < -0.39 is 6.37 Å². The maximum Gasteiger partial charge on any atom is 0.0276 e. The van der Waals surface area contributed by atoms with E-state index in [0.717, 1.165) is 18.2 Å². The second kappa shape index (κ2) is 1.07. The smallest absolute Gasteiger partial charge is 0.0276 e. The summed E-state index contributed by atoms with van der Waals surface area (Å²) >= 11 is 3.33. The lowest BCUT2D eigenvalue weighted by Gasteiger charge is -1.80. The van der Waals surface area contributed by atoms with Crippen LogP contribution in [0.2, 0.25) is 0 Å². The Morgan fingerprint density at radius 2 is 2.57 bits per heavy atom. The van der Waals surface area contributed by atoms with Gasteiger partial charge in [0.25, 0.3) is 0 Å². The van der Waals surface area contributed by atoms with Gasteiger partial charge in [-0.15, -0.1) is 0 Å². The minimum atomic E-state index is -0.823. The molecule has 40 valence electrons. The van der Waals surface area contributed by atoms with Crippen molar-refractivity contribution < 1.29 is 2.74 Å². The zero-order valence-electron chi connectivity index (χ0n) is 6.08. The summed E-state index contributed by atoms with van der Waals surface area (Å²) in [4.78, 5) is 0. The molecule has 0 bridgehead atoms. The van der Waals surface area contributed by atoms with Crippen molar-refractivity contribution in [2.45, 2.75) is 19.2 Å². The van der Waals surface area contributed by atoms with Crippen molar-refractivity contribution in [1.29, 1.82) is 0 Å². The van der Waals surface area contributed by atoms with Gasteiger partial charge in [0.15, 0.2) is 0 Å². The van der Waals surface area contributed by atoms with Gasteiger partial charge in [-0.1, -0.05) is 15.9 Å². The fourth-order valence-electron chi connectivity index (χ4n) is 1.12. The normalized spacial score (nSPS) is 53.0. The Hall–Kier alpha value is 0.480. The zero-order chi connectivity index (χ0) is 6.70. The van der Waals surface area contributed by atoms with Crippen molar-refractivity contribution in [2.75, 3.05) is 5.33 Å². The molecule has 0 radical (unpaired) electrons. The monoisotopic (exact) mass is 162 g/mol. The molecule has 0 nitrogen and oxygen atoms in total. The highest BCUT2D eigenvalue weighted by atomic mass is 79.9. The third-order valence-electron chi connectivity index (χ3n) is 1.99. The Bertz CT molecular complexity index is 147. The molecule has 2 saturated carbocycles. The van der Waals surface area contributed by atoms with Crippen LogP contribution in [-0.4, -0.2) is 5.33 Å². The molecular weight excluding hydrogens is 152 g/mol. The first-order chi connectivity index (χ1) is 4.15. The molecule has 0 heterocycles. The van der Waals surface area contributed by atoms with E-state index in [4.69, 9.17) is 2.74 Å². The van der Waals surface area contributed by atoms with E-state index in [1.165, 1.54) is 0 Å². The van der Waals surface area contributed by atoms with Crippen LogP contribution < -0.4 is 0 Å². The Kier molecular flexibility index (Phi) is 0.438. The maximum absolute atomic E-state index is 7.51. The van der Waals surface area contributed by atoms with Crippen LogP contribution >= 0.6 is 15.9 Å². The molecule has 0 amide bonds. The van der Waals surface area contributed by atoms with Gasteiger partial charge in [-0.05, 0) is 30.5 Å². The lowest BCUT2D eigenvalue weighted by Crippen LogP contribution is -1.77. The van der Waals surface area contributed by atoms with Gasteiger partial charge in [-0.25, -0.2) is 0 Å². The Balaban J connectivity index is 2.16. The molecular formula is C6H9Br.